The van der Waals surface area contributed by atoms with Gasteiger partial charge in [-0.3, -0.25) is 13.9 Å². The summed E-state index contributed by atoms with van der Waals surface area (Å²) >= 11 is 18.6. The quantitative estimate of drug-likeness (QED) is 0.225. The minimum Gasteiger partial charge on any atom is -0.352 e. The highest BCUT2D eigenvalue weighted by molar-refractivity contribution is 7.92. The number of benzene rings is 3. The average molecular weight is 653 g/mol. The van der Waals surface area contributed by atoms with Crippen LogP contribution >= 0.6 is 34.8 Å². The summed E-state index contributed by atoms with van der Waals surface area (Å²) in [5.74, 6) is -0.897. The first-order chi connectivity index (χ1) is 19.8. The summed E-state index contributed by atoms with van der Waals surface area (Å²) in [6.07, 6.45) is 1.01. The normalized spacial score (nSPS) is 12.9. The molecular weight excluding hydrogens is 617 g/mol. The highest BCUT2D eigenvalue weighted by Crippen LogP contribution is 2.28. The number of carbonyl (C=O) groups excluding carboxylic acids is 2. The molecule has 0 saturated carbocycles. The van der Waals surface area contributed by atoms with Crippen LogP contribution in [0.1, 0.15) is 50.3 Å². The fourth-order valence-corrected chi connectivity index (χ4v) is 6.34. The smallest absolute Gasteiger partial charge is 0.264 e. The van der Waals surface area contributed by atoms with Crippen LogP contribution in [0.4, 0.5) is 5.69 Å². The minimum atomic E-state index is -4.21. The van der Waals surface area contributed by atoms with Crippen molar-refractivity contribution >= 4 is 62.3 Å². The molecule has 3 aromatic rings. The van der Waals surface area contributed by atoms with Crippen LogP contribution in [-0.4, -0.2) is 43.8 Å². The van der Waals surface area contributed by atoms with Gasteiger partial charge < -0.3 is 10.2 Å². The molecule has 7 nitrogen and oxygen atoms in total. The lowest BCUT2D eigenvalue weighted by molar-refractivity contribution is -0.140. The van der Waals surface area contributed by atoms with Gasteiger partial charge >= 0.3 is 0 Å². The maximum atomic E-state index is 14.2. The second-order valence-corrected chi connectivity index (χ2v) is 13.4. The molecule has 2 atom stereocenters. The monoisotopic (exact) mass is 651 g/mol. The van der Waals surface area contributed by atoms with Gasteiger partial charge in [-0.25, -0.2) is 8.42 Å². The summed E-state index contributed by atoms with van der Waals surface area (Å²) in [5, 5.41) is 4.10. The van der Waals surface area contributed by atoms with Gasteiger partial charge in [0.05, 0.1) is 10.6 Å². The standard InChI is InChI=1S/C31H36Cl3N3O4S/c1-6-22(5)35-31(39)29(7-2)36(18-23-9-10-25(33)17-28(23)34)30(38)19-37(26-13-8-20(3)21(4)16-26)42(40,41)27-14-11-24(32)12-15-27/h8-17,22,29H,6-7,18-19H2,1-5H3,(H,35,39). The van der Waals surface area contributed by atoms with Gasteiger partial charge in [-0.2, -0.15) is 0 Å². The Morgan fingerprint density at radius 1 is 0.857 bits per heavy atom. The molecule has 0 radical (unpaired) electrons. The first-order valence-electron chi connectivity index (χ1n) is 13.7. The third kappa shape index (κ3) is 8.19. The fourth-order valence-electron chi connectivity index (χ4n) is 4.34. The third-order valence-electron chi connectivity index (χ3n) is 7.20. The Balaban J connectivity index is 2.11. The molecule has 0 saturated heterocycles. The maximum Gasteiger partial charge on any atom is 0.264 e. The van der Waals surface area contributed by atoms with Crippen LogP contribution in [0.25, 0.3) is 0 Å². The van der Waals surface area contributed by atoms with Crippen LogP contribution < -0.4 is 9.62 Å². The van der Waals surface area contributed by atoms with Crippen LogP contribution in [0.3, 0.4) is 0 Å². The molecule has 226 valence electrons. The number of amides is 2. The molecule has 2 unspecified atom stereocenters. The molecule has 0 heterocycles. The molecule has 1 N–H and O–H groups in total. The number of halogens is 3. The first kappa shape index (κ1) is 33.7. The molecule has 11 heteroatoms. The van der Waals surface area contributed by atoms with E-state index in [1.807, 2.05) is 27.7 Å². The van der Waals surface area contributed by atoms with E-state index in [-0.39, 0.29) is 23.4 Å². The molecule has 0 aliphatic rings. The zero-order chi connectivity index (χ0) is 31.2. The molecule has 0 bridgehead atoms. The Kier molecular flexibility index (Phi) is 11.7. The number of hydrogen-bond acceptors (Lipinski definition) is 4. The van der Waals surface area contributed by atoms with Gasteiger partial charge in [0.25, 0.3) is 10.0 Å². The van der Waals surface area contributed by atoms with E-state index in [0.29, 0.717) is 39.2 Å². The Bertz CT molecular complexity index is 1530. The van der Waals surface area contributed by atoms with Crippen molar-refractivity contribution in [2.75, 3.05) is 10.8 Å². The van der Waals surface area contributed by atoms with Crippen LogP contribution in [-0.2, 0) is 26.2 Å². The van der Waals surface area contributed by atoms with E-state index >= 15 is 0 Å². The van der Waals surface area contributed by atoms with Crippen molar-refractivity contribution in [2.24, 2.45) is 0 Å². The number of carbonyl (C=O) groups is 2. The Hall–Kier alpha value is -2.78. The number of sulfonamides is 1. The topological polar surface area (TPSA) is 86.8 Å². The number of nitrogens with one attached hydrogen (secondary N) is 1. The highest BCUT2D eigenvalue weighted by Gasteiger charge is 2.34. The van der Waals surface area contributed by atoms with Gasteiger partial charge in [0.1, 0.15) is 12.6 Å². The summed E-state index contributed by atoms with van der Waals surface area (Å²) in [5.41, 5.74) is 2.73. The lowest BCUT2D eigenvalue weighted by Gasteiger charge is -2.34. The lowest BCUT2D eigenvalue weighted by Crippen LogP contribution is -2.53. The largest absolute Gasteiger partial charge is 0.352 e. The molecule has 42 heavy (non-hydrogen) atoms. The summed E-state index contributed by atoms with van der Waals surface area (Å²) in [6, 6.07) is 14.9. The van der Waals surface area contributed by atoms with Gasteiger partial charge in [0.2, 0.25) is 11.8 Å². The van der Waals surface area contributed by atoms with E-state index in [2.05, 4.69) is 5.32 Å². The minimum absolute atomic E-state index is 0.0215. The van der Waals surface area contributed by atoms with Crippen molar-refractivity contribution in [3.05, 3.63) is 92.4 Å². The molecule has 3 rings (SSSR count). The van der Waals surface area contributed by atoms with Crippen LogP contribution in [0, 0.1) is 13.8 Å². The molecule has 0 aromatic heterocycles. The van der Waals surface area contributed by atoms with Gasteiger partial charge in [-0.05, 0) is 98.8 Å². The van der Waals surface area contributed by atoms with Crippen LogP contribution in [0.5, 0.6) is 0 Å². The average Bonchev–Trinajstić information content (AvgIpc) is 2.94. The predicted octanol–water partition coefficient (Wildman–Crippen LogP) is 7.18. The van der Waals surface area contributed by atoms with Crippen molar-refractivity contribution in [3.8, 4) is 0 Å². The maximum absolute atomic E-state index is 14.2. The molecule has 0 spiro atoms. The molecule has 0 fully saturated rings. The lowest BCUT2D eigenvalue weighted by atomic mass is 10.1. The Morgan fingerprint density at radius 2 is 1.50 bits per heavy atom. The zero-order valence-electron chi connectivity index (χ0n) is 24.3. The number of rotatable bonds is 12. The van der Waals surface area contributed by atoms with E-state index in [1.165, 1.54) is 29.2 Å². The van der Waals surface area contributed by atoms with Crippen molar-refractivity contribution in [2.45, 2.75) is 71.0 Å². The third-order valence-corrected chi connectivity index (χ3v) is 9.83. The summed E-state index contributed by atoms with van der Waals surface area (Å²) < 4.78 is 29.1. The Morgan fingerprint density at radius 3 is 2.07 bits per heavy atom. The van der Waals surface area contributed by atoms with Crippen molar-refractivity contribution in [3.63, 3.8) is 0 Å². The number of aryl methyl sites for hydroxylation is 2. The number of anilines is 1. The first-order valence-corrected chi connectivity index (χ1v) is 16.2. The van der Waals surface area contributed by atoms with Gasteiger partial charge in [0, 0.05) is 27.7 Å². The fraction of sp³-hybridized carbons (Fsp3) is 0.355. The van der Waals surface area contributed by atoms with Crippen molar-refractivity contribution in [1.29, 1.82) is 0 Å². The van der Waals surface area contributed by atoms with Crippen molar-refractivity contribution < 1.29 is 18.0 Å². The number of hydrogen-bond donors (Lipinski definition) is 1. The molecular formula is C31H36Cl3N3O4S. The molecule has 0 aliphatic carbocycles. The van der Waals surface area contributed by atoms with E-state index < -0.39 is 28.5 Å². The second kappa shape index (κ2) is 14.6. The van der Waals surface area contributed by atoms with E-state index in [0.717, 1.165) is 15.4 Å². The van der Waals surface area contributed by atoms with Crippen LogP contribution in [0.15, 0.2) is 65.6 Å². The molecule has 2 amide bonds. The number of nitrogens with zero attached hydrogens (tertiary/aromatic N) is 2. The van der Waals surface area contributed by atoms with Crippen molar-refractivity contribution in [1.82, 2.24) is 10.2 Å². The molecule has 0 aliphatic heterocycles. The predicted molar refractivity (Wildman–Crippen MR) is 171 cm³/mol. The van der Waals surface area contributed by atoms with Gasteiger partial charge in [-0.1, -0.05) is 60.8 Å². The van der Waals surface area contributed by atoms with Gasteiger partial charge in [0.15, 0.2) is 0 Å². The zero-order valence-corrected chi connectivity index (χ0v) is 27.4. The summed E-state index contributed by atoms with van der Waals surface area (Å²) in [4.78, 5) is 29.0. The summed E-state index contributed by atoms with van der Waals surface area (Å²) in [7, 11) is -4.21. The van der Waals surface area contributed by atoms with E-state index in [1.54, 1.807) is 43.3 Å². The summed E-state index contributed by atoms with van der Waals surface area (Å²) in [6.45, 7) is 8.85. The molecule has 3 aromatic carbocycles. The Labute approximate surface area is 263 Å². The van der Waals surface area contributed by atoms with E-state index in [9.17, 15) is 18.0 Å². The SMILES string of the molecule is CCC(C)NC(=O)C(CC)N(Cc1ccc(Cl)cc1Cl)C(=O)CN(c1ccc(C)c(C)c1)S(=O)(=O)c1ccc(Cl)cc1. The van der Waals surface area contributed by atoms with Crippen LogP contribution in [0.2, 0.25) is 15.1 Å². The highest BCUT2D eigenvalue weighted by atomic mass is 35.5. The van der Waals surface area contributed by atoms with E-state index in [4.69, 9.17) is 34.8 Å². The second-order valence-electron chi connectivity index (χ2n) is 10.2. The van der Waals surface area contributed by atoms with Gasteiger partial charge in [-0.15, -0.1) is 0 Å².